The summed E-state index contributed by atoms with van der Waals surface area (Å²) in [5.74, 6) is 0.369. The minimum Gasteiger partial charge on any atom is -0.444 e. The van der Waals surface area contributed by atoms with Crippen LogP contribution in [0.1, 0.15) is 16.9 Å². The maximum Gasteiger partial charge on any atom is 0.240 e. The third kappa shape index (κ3) is 3.70. The van der Waals surface area contributed by atoms with Crippen molar-refractivity contribution in [1.29, 1.82) is 5.26 Å². The summed E-state index contributed by atoms with van der Waals surface area (Å²) in [5.41, 5.74) is 1.69. The summed E-state index contributed by atoms with van der Waals surface area (Å²) in [6, 6.07) is 8.77. The van der Waals surface area contributed by atoms with Crippen LogP contribution in [-0.4, -0.2) is 43.5 Å². The molecule has 0 unspecified atom stereocenters. The van der Waals surface area contributed by atoms with Gasteiger partial charge in [0.05, 0.1) is 12.2 Å². The first-order valence-electron chi connectivity index (χ1n) is 8.51. The van der Waals surface area contributed by atoms with Crippen molar-refractivity contribution >= 4 is 17.5 Å². The third-order valence-electron chi connectivity index (χ3n) is 4.68. The highest BCUT2D eigenvalue weighted by molar-refractivity contribution is 5.92. The number of rotatable bonds is 4. The molecule has 1 aromatic heterocycles. The van der Waals surface area contributed by atoms with E-state index in [2.05, 4.69) is 11.4 Å². The molecule has 0 bridgehead atoms. The number of aryl methyl sites for hydroxylation is 1. The molecular formula is C19H21FN4O2. The minimum absolute atomic E-state index is 0.203. The van der Waals surface area contributed by atoms with E-state index < -0.39 is 0 Å². The van der Waals surface area contributed by atoms with Gasteiger partial charge in [-0.2, -0.15) is 5.26 Å². The average Bonchev–Trinajstić information content (AvgIpc) is 2.89. The molecule has 0 radical (unpaired) electrons. The number of amides is 1. The number of furan rings is 1. The summed E-state index contributed by atoms with van der Waals surface area (Å²) in [6.07, 6.45) is 0. The first kappa shape index (κ1) is 18.0. The van der Waals surface area contributed by atoms with Crippen molar-refractivity contribution < 1.29 is 13.6 Å². The molecule has 0 saturated carbocycles. The van der Waals surface area contributed by atoms with Crippen LogP contribution in [0.5, 0.6) is 0 Å². The fourth-order valence-electron chi connectivity index (χ4n) is 3.07. The highest BCUT2D eigenvalue weighted by Crippen LogP contribution is 2.25. The summed E-state index contributed by atoms with van der Waals surface area (Å²) in [5, 5.41) is 11.9. The topological polar surface area (TPSA) is 72.5 Å². The van der Waals surface area contributed by atoms with Gasteiger partial charge in [0.2, 0.25) is 11.8 Å². The van der Waals surface area contributed by atoms with Gasteiger partial charge in [-0.15, -0.1) is 0 Å². The standard InChI is InChI=1S/C19H21FN4O2/c1-13-14(2)26-19(15(13)11-21)22-18(25)12-23-7-9-24(10-8-23)17-6-4-3-5-16(17)20/h3-6H,7-10,12H2,1-2H3,(H,22,25). The van der Waals surface area contributed by atoms with Crippen molar-refractivity contribution in [2.75, 3.05) is 42.9 Å². The fraction of sp³-hybridized carbons (Fsp3) is 0.368. The maximum atomic E-state index is 13.9. The Morgan fingerprint density at radius 3 is 2.62 bits per heavy atom. The highest BCUT2D eigenvalue weighted by Gasteiger charge is 2.22. The lowest BCUT2D eigenvalue weighted by molar-refractivity contribution is -0.117. The lowest BCUT2D eigenvalue weighted by atomic mass is 10.2. The molecule has 2 heterocycles. The highest BCUT2D eigenvalue weighted by atomic mass is 19.1. The summed E-state index contributed by atoms with van der Waals surface area (Å²) in [7, 11) is 0. The van der Waals surface area contributed by atoms with Crippen molar-refractivity contribution in [2.45, 2.75) is 13.8 Å². The van der Waals surface area contributed by atoms with Gasteiger partial charge in [0.25, 0.3) is 0 Å². The predicted molar refractivity (Wildman–Crippen MR) is 96.6 cm³/mol. The van der Waals surface area contributed by atoms with Crippen LogP contribution in [0.3, 0.4) is 0 Å². The van der Waals surface area contributed by atoms with E-state index in [1.54, 1.807) is 26.0 Å². The Balaban J connectivity index is 1.55. The van der Waals surface area contributed by atoms with Crippen LogP contribution in [-0.2, 0) is 4.79 Å². The third-order valence-corrected chi connectivity index (χ3v) is 4.68. The van der Waals surface area contributed by atoms with Crippen molar-refractivity contribution in [1.82, 2.24) is 4.90 Å². The monoisotopic (exact) mass is 356 g/mol. The summed E-state index contributed by atoms with van der Waals surface area (Å²) >= 11 is 0. The molecule has 1 saturated heterocycles. The molecule has 0 spiro atoms. The van der Waals surface area contributed by atoms with E-state index in [1.807, 2.05) is 15.9 Å². The summed E-state index contributed by atoms with van der Waals surface area (Å²) in [4.78, 5) is 16.3. The van der Waals surface area contributed by atoms with Gasteiger partial charge in [-0.1, -0.05) is 12.1 Å². The van der Waals surface area contributed by atoms with E-state index >= 15 is 0 Å². The van der Waals surface area contributed by atoms with E-state index in [4.69, 9.17) is 4.42 Å². The molecule has 1 amide bonds. The number of nitriles is 1. The van der Waals surface area contributed by atoms with E-state index in [0.717, 1.165) is 5.56 Å². The van der Waals surface area contributed by atoms with Crippen molar-refractivity contribution in [3.05, 3.63) is 47.0 Å². The van der Waals surface area contributed by atoms with Crippen molar-refractivity contribution in [3.8, 4) is 6.07 Å². The fourth-order valence-corrected chi connectivity index (χ4v) is 3.07. The SMILES string of the molecule is Cc1oc(NC(=O)CN2CCN(c3ccccc3F)CC2)c(C#N)c1C. The number of nitrogens with one attached hydrogen (secondary N) is 1. The van der Waals surface area contributed by atoms with Gasteiger partial charge in [-0.05, 0) is 26.0 Å². The molecular weight excluding hydrogens is 335 g/mol. The molecule has 1 aromatic carbocycles. The number of carbonyl (C=O) groups is 1. The molecule has 3 rings (SSSR count). The van der Waals surface area contributed by atoms with Gasteiger partial charge in [0, 0.05) is 31.7 Å². The van der Waals surface area contributed by atoms with Crippen molar-refractivity contribution in [2.24, 2.45) is 0 Å². The number of anilines is 2. The van der Waals surface area contributed by atoms with E-state index in [9.17, 15) is 14.4 Å². The quantitative estimate of drug-likeness (QED) is 0.912. The largest absolute Gasteiger partial charge is 0.444 e. The number of benzene rings is 1. The zero-order valence-electron chi connectivity index (χ0n) is 14.9. The van der Waals surface area contributed by atoms with Gasteiger partial charge >= 0.3 is 0 Å². The molecule has 26 heavy (non-hydrogen) atoms. The van der Waals surface area contributed by atoms with Crippen LogP contribution < -0.4 is 10.2 Å². The number of para-hydroxylation sites is 1. The van der Waals surface area contributed by atoms with E-state index in [1.165, 1.54) is 6.07 Å². The van der Waals surface area contributed by atoms with Crippen LogP contribution in [0.2, 0.25) is 0 Å². The molecule has 1 N–H and O–H groups in total. The number of carbonyl (C=O) groups excluding carboxylic acids is 1. The van der Waals surface area contributed by atoms with E-state index in [-0.39, 0.29) is 24.2 Å². The van der Waals surface area contributed by atoms with Crippen LogP contribution >= 0.6 is 0 Å². The van der Waals surface area contributed by atoms with Crippen LogP contribution in [0, 0.1) is 31.0 Å². The van der Waals surface area contributed by atoms with Gasteiger partial charge in [-0.25, -0.2) is 4.39 Å². The smallest absolute Gasteiger partial charge is 0.240 e. The average molecular weight is 356 g/mol. The Morgan fingerprint density at radius 2 is 1.96 bits per heavy atom. The molecule has 2 aromatic rings. The minimum atomic E-state index is -0.230. The predicted octanol–water partition coefficient (Wildman–Crippen LogP) is 2.67. The molecule has 7 heteroatoms. The Bertz CT molecular complexity index is 848. The molecule has 6 nitrogen and oxygen atoms in total. The van der Waals surface area contributed by atoms with Crippen LogP contribution in [0.15, 0.2) is 28.7 Å². The Hall–Kier alpha value is -2.85. The molecule has 0 aliphatic carbocycles. The summed E-state index contributed by atoms with van der Waals surface area (Å²) in [6.45, 7) is 6.36. The number of hydrogen-bond donors (Lipinski definition) is 1. The molecule has 0 atom stereocenters. The number of nitrogens with zero attached hydrogens (tertiary/aromatic N) is 3. The van der Waals surface area contributed by atoms with Gasteiger partial charge < -0.3 is 9.32 Å². The molecule has 1 aliphatic heterocycles. The Labute approximate surface area is 151 Å². The zero-order valence-corrected chi connectivity index (χ0v) is 14.9. The van der Waals surface area contributed by atoms with Crippen LogP contribution in [0.4, 0.5) is 16.0 Å². The molecule has 1 aliphatic rings. The second-order valence-corrected chi connectivity index (χ2v) is 6.36. The van der Waals surface area contributed by atoms with E-state index in [0.29, 0.717) is 43.2 Å². The zero-order chi connectivity index (χ0) is 18.7. The normalized spacial score (nSPS) is 14.9. The van der Waals surface area contributed by atoms with Crippen LogP contribution in [0.25, 0.3) is 0 Å². The second-order valence-electron chi connectivity index (χ2n) is 6.36. The lowest BCUT2D eigenvalue weighted by Crippen LogP contribution is -2.48. The number of halogens is 1. The molecule has 136 valence electrons. The summed E-state index contributed by atoms with van der Waals surface area (Å²) < 4.78 is 19.3. The Kier molecular flexibility index (Phi) is 5.24. The first-order chi connectivity index (χ1) is 12.5. The molecule has 1 fully saturated rings. The number of piperazine rings is 1. The maximum absolute atomic E-state index is 13.9. The first-order valence-corrected chi connectivity index (χ1v) is 8.51. The van der Waals surface area contributed by atoms with Gasteiger partial charge in [0.1, 0.15) is 23.2 Å². The van der Waals surface area contributed by atoms with Crippen molar-refractivity contribution in [3.63, 3.8) is 0 Å². The van der Waals surface area contributed by atoms with Gasteiger partial charge in [-0.3, -0.25) is 15.0 Å². The lowest BCUT2D eigenvalue weighted by Gasteiger charge is -2.35. The van der Waals surface area contributed by atoms with Gasteiger partial charge in [0.15, 0.2) is 0 Å². The Morgan fingerprint density at radius 1 is 1.27 bits per heavy atom. The second kappa shape index (κ2) is 7.58. The number of hydrogen-bond acceptors (Lipinski definition) is 5.